The SMILES string of the molecule is COc1cc(C=C2NC(=O)NC2=O)cc(Br)c1OCc1cccc(F)c1. The van der Waals surface area contributed by atoms with Crippen molar-refractivity contribution >= 4 is 33.9 Å². The lowest BCUT2D eigenvalue weighted by Crippen LogP contribution is -2.22. The number of nitrogens with one attached hydrogen (secondary N) is 2. The second kappa shape index (κ2) is 7.57. The molecule has 0 aliphatic carbocycles. The second-order valence-corrected chi connectivity index (χ2v) is 6.27. The molecule has 0 spiro atoms. The maximum atomic E-state index is 13.3. The maximum Gasteiger partial charge on any atom is 0.326 e. The number of carbonyl (C=O) groups excluding carboxylic acids is 2. The second-order valence-electron chi connectivity index (χ2n) is 5.42. The molecule has 0 unspecified atom stereocenters. The van der Waals surface area contributed by atoms with Crippen molar-refractivity contribution < 1.29 is 23.5 Å². The number of hydrogen-bond acceptors (Lipinski definition) is 4. The summed E-state index contributed by atoms with van der Waals surface area (Å²) in [6.07, 6.45) is 1.52. The third kappa shape index (κ3) is 4.02. The van der Waals surface area contributed by atoms with Crippen LogP contribution >= 0.6 is 15.9 Å². The molecule has 0 atom stereocenters. The van der Waals surface area contributed by atoms with Crippen molar-refractivity contribution in [1.82, 2.24) is 10.6 Å². The fourth-order valence-electron chi connectivity index (χ4n) is 2.39. The van der Waals surface area contributed by atoms with Gasteiger partial charge >= 0.3 is 6.03 Å². The average Bonchev–Trinajstić information content (AvgIpc) is 2.90. The number of imide groups is 1. The summed E-state index contributed by atoms with van der Waals surface area (Å²) in [5.74, 6) is 0.0266. The highest BCUT2D eigenvalue weighted by Gasteiger charge is 2.23. The normalized spacial score (nSPS) is 15.0. The van der Waals surface area contributed by atoms with Crippen LogP contribution in [0.25, 0.3) is 6.08 Å². The lowest BCUT2D eigenvalue weighted by Gasteiger charge is -2.14. The number of ether oxygens (including phenoxy) is 2. The first kappa shape index (κ1) is 17.9. The van der Waals surface area contributed by atoms with Gasteiger partial charge in [0, 0.05) is 0 Å². The minimum Gasteiger partial charge on any atom is -0.493 e. The van der Waals surface area contributed by atoms with Gasteiger partial charge in [0.1, 0.15) is 18.1 Å². The molecule has 1 aliphatic heterocycles. The average molecular weight is 421 g/mol. The third-order valence-corrected chi connectivity index (χ3v) is 4.14. The Morgan fingerprint density at radius 2 is 2.00 bits per heavy atom. The van der Waals surface area contributed by atoms with Gasteiger partial charge in [-0.25, -0.2) is 9.18 Å². The van der Waals surface area contributed by atoms with Crippen molar-refractivity contribution in [3.05, 3.63) is 63.5 Å². The number of amides is 3. The molecule has 1 fully saturated rings. The zero-order chi connectivity index (χ0) is 18.7. The number of rotatable bonds is 5. The molecule has 0 radical (unpaired) electrons. The molecular weight excluding hydrogens is 407 g/mol. The van der Waals surface area contributed by atoms with Crippen LogP contribution in [0.5, 0.6) is 11.5 Å². The minimum absolute atomic E-state index is 0.136. The van der Waals surface area contributed by atoms with E-state index in [1.165, 1.54) is 25.3 Å². The summed E-state index contributed by atoms with van der Waals surface area (Å²) in [6, 6.07) is 8.92. The first-order valence-corrected chi connectivity index (χ1v) is 8.34. The quantitative estimate of drug-likeness (QED) is 0.574. The summed E-state index contributed by atoms with van der Waals surface area (Å²) >= 11 is 3.41. The first-order chi connectivity index (χ1) is 12.5. The van der Waals surface area contributed by atoms with Gasteiger partial charge in [-0.2, -0.15) is 0 Å². The lowest BCUT2D eigenvalue weighted by atomic mass is 10.1. The van der Waals surface area contributed by atoms with E-state index in [4.69, 9.17) is 9.47 Å². The molecule has 0 aromatic heterocycles. The van der Waals surface area contributed by atoms with Gasteiger partial charge in [-0.3, -0.25) is 10.1 Å². The van der Waals surface area contributed by atoms with E-state index >= 15 is 0 Å². The summed E-state index contributed by atoms with van der Waals surface area (Å²) in [7, 11) is 1.48. The molecule has 8 heteroatoms. The molecule has 3 amide bonds. The van der Waals surface area contributed by atoms with E-state index in [9.17, 15) is 14.0 Å². The molecule has 0 bridgehead atoms. The Bertz CT molecular complexity index is 914. The van der Waals surface area contributed by atoms with Gasteiger partial charge in [0.05, 0.1) is 11.6 Å². The molecule has 2 N–H and O–H groups in total. The largest absolute Gasteiger partial charge is 0.493 e. The van der Waals surface area contributed by atoms with Gasteiger partial charge in [0.15, 0.2) is 11.5 Å². The lowest BCUT2D eigenvalue weighted by molar-refractivity contribution is -0.115. The van der Waals surface area contributed by atoms with Crippen LogP contribution in [0.4, 0.5) is 9.18 Å². The number of hydrogen-bond donors (Lipinski definition) is 2. The highest BCUT2D eigenvalue weighted by Crippen LogP contribution is 2.37. The molecular formula is C18H14BrFN2O4. The molecule has 0 saturated carbocycles. The predicted octanol–water partition coefficient (Wildman–Crippen LogP) is 3.36. The Labute approximate surface area is 157 Å². The molecule has 26 heavy (non-hydrogen) atoms. The van der Waals surface area contributed by atoms with E-state index < -0.39 is 11.9 Å². The summed E-state index contributed by atoms with van der Waals surface area (Å²) in [4.78, 5) is 22.8. The number of carbonyl (C=O) groups is 2. The zero-order valence-corrected chi connectivity index (χ0v) is 15.2. The van der Waals surface area contributed by atoms with Gasteiger partial charge in [-0.15, -0.1) is 0 Å². The third-order valence-electron chi connectivity index (χ3n) is 3.55. The van der Waals surface area contributed by atoms with Crippen LogP contribution in [-0.2, 0) is 11.4 Å². The van der Waals surface area contributed by atoms with E-state index in [1.807, 2.05) is 0 Å². The highest BCUT2D eigenvalue weighted by molar-refractivity contribution is 9.10. The standard InChI is InChI=1S/C18H14BrFN2O4/c1-25-15-8-11(7-14-17(23)22-18(24)21-14)6-13(19)16(15)26-9-10-3-2-4-12(20)5-10/h2-8H,9H2,1H3,(H2,21,22,23,24). The van der Waals surface area contributed by atoms with Crippen molar-refractivity contribution in [3.8, 4) is 11.5 Å². The Morgan fingerprint density at radius 1 is 1.19 bits per heavy atom. The number of urea groups is 1. The summed E-state index contributed by atoms with van der Waals surface area (Å²) in [6.45, 7) is 0.158. The van der Waals surface area contributed by atoms with Crippen molar-refractivity contribution in [3.63, 3.8) is 0 Å². The van der Waals surface area contributed by atoms with Crippen LogP contribution in [0.3, 0.4) is 0 Å². The van der Waals surface area contributed by atoms with Crippen molar-refractivity contribution in [1.29, 1.82) is 0 Å². The summed E-state index contributed by atoms with van der Waals surface area (Å²) < 4.78 is 25.0. The van der Waals surface area contributed by atoms with Crippen molar-refractivity contribution in [2.24, 2.45) is 0 Å². The topological polar surface area (TPSA) is 76.7 Å². The van der Waals surface area contributed by atoms with E-state index in [2.05, 4.69) is 26.6 Å². The minimum atomic E-state index is -0.567. The maximum absolute atomic E-state index is 13.3. The number of methoxy groups -OCH3 is 1. The molecule has 6 nitrogen and oxygen atoms in total. The molecule has 3 rings (SSSR count). The number of benzene rings is 2. The predicted molar refractivity (Wildman–Crippen MR) is 96.1 cm³/mol. The Kier molecular flexibility index (Phi) is 5.22. The Hall–Kier alpha value is -2.87. The fraction of sp³-hybridized carbons (Fsp3) is 0.111. The van der Waals surface area contributed by atoms with Crippen LogP contribution in [0.2, 0.25) is 0 Å². The molecule has 134 valence electrons. The molecule has 1 heterocycles. The van der Waals surface area contributed by atoms with Gasteiger partial charge < -0.3 is 14.8 Å². The van der Waals surface area contributed by atoms with Crippen LogP contribution in [0.15, 0.2) is 46.6 Å². The van der Waals surface area contributed by atoms with Gasteiger partial charge in [0.2, 0.25) is 0 Å². The molecule has 2 aromatic rings. The van der Waals surface area contributed by atoms with Crippen molar-refractivity contribution in [2.45, 2.75) is 6.61 Å². The highest BCUT2D eigenvalue weighted by atomic mass is 79.9. The number of halogens is 2. The first-order valence-electron chi connectivity index (χ1n) is 7.55. The van der Waals surface area contributed by atoms with Crippen LogP contribution < -0.4 is 20.1 Å². The van der Waals surface area contributed by atoms with E-state index in [1.54, 1.807) is 24.3 Å². The van der Waals surface area contributed by atoms with E-state index in [0.717, 1.165) is 0 Å². The van der Waals surface area contributed by atoms with Gasteiger partial charge in [-0.05, 0) is 57.4 Å². The Morgan fingerprint density at radius 3 is 2.65 bits per heavy atom. The zero-order valence-electron chi connectivity index (χ0n) is 13.6. The van der Waals surface area contributed by atoms with E-state index in [-0.39, 0.29) is 18.1 Å². The van der Waals surface area contributed by atoms with Crippen LogP contribution in [-0.4, -0.2) is 19.0 Å². The summed E-state index contributed by atoms with van der Waals surface area (Å²) in [5.41, 5.74) is 1.44. The molecule has 2 aromatic carbocycles. The van der Waals surface area contributed by atoms with Crippen LogP contribution in [0.1, 0.15) is 11.1 Å². The molecule has 1 saturated heterocycles. The monoisotopic (exact) mass is 420 g/mol. The van der Waals surface area contributed by atoms with Crippen LogP contribution in [0, 0.1) is 5.82 Å². The van der Waals surface area contributed by atoms with Gasteiger partial charge in [0.25, 0.3) is 5.91 Å². The Balaban J connectivity index is 1.84. The molecule has 1 aliphatic rings. The smallest absolute Gasteiger partial charge is 0.326 e. The fourth-order valence-corrected chi connectivity index (χ4v) is 2.97. The summed E-state index contributed by atoms with van der Waals surface area (Å²) in [5, 5.41) is 4.54. The van der Waals surface area contributed by atoms with Gasteiger partial charge in [-0.1, -0.05) is 12.1 Å². The van der Waals surface area contributed by atoms with Crippen molar-refractivity contribution in [2.75, 3.05) is 7.11 Å². The van der Waals surface area contributed by atoms with E-state index in [0.29, 0.717) is 27.1 Å².